The second-order valence-electron chi connectivity index (χ2n) is 17.6. The van der Waals surface area contributed by atoms with E-state index in [2.05, 4.69) is 62.5 Å². The van der Waals surface area contributed by atoms with Gasteiger partial charge in [-0.3, -0.25) is 9.59 Å². The number of hydrogen-bond donors (Lipinski definition) is 1. The van der Waals surface area contributed by atoms with Gasteiger partial charge in [-0.1, -0.05) is 229 Å². The number of ether oxygens (including phenoxy) is 2. The molecule has 0 aliphatic heterocycles. The summed E-state index contributed by atoms with van der Waals surface area (Å²) < 4.78 is 10.7. The Morgan fingerprint density at radius 3 is 1.02 bits per heavy atom. The molecule has 0 rings (SSSR count). The molecule has 1 unspecified atom stereocenters. The normalized spacial score (nSPS) is 12.5. The van der Waals surface area contributed by atoms with Crippen LogP contribution in [-0.2, 0) is 19.1 Å². The molecule has 0 heterocycles. The van der Waals surface area contributed by atoms with Gasteiger partial charge in [0.25, 0.3) is 0 Å². The first-order chi connectivity index (χ1) is 29.6. The number of carbonyl (C=O) groups is 2. The Morgan fingerprint density at radius 1 is 0.383 bits per heavy atom. The largest absolute Gasteiger partial charge is 0.462 e. The zero-order chi connectivity index (χ0) is 43.5. The van der Waals surface area contributed by atoms with E-state index in [9.17, 15) is 14.7 Å². The molecule has 0 aliphatic carbocycles. The van der Waals surface area contributed by atoms with Crippen molar-refractivity contribution in [1.29, 1.82) is 0 Å². The van der Waals surface area contributed by atoms with Gasteiger partial charge in [0, 0.05) is 12.8 Å². The molecule has 60 heavy (non-hydrogen) atoms. The Kier molecular flexibility index (Phi) is 49.4. The minimum absolute atomic E-state index is 0.0711. The molecule has 0 spiro atoms. The van der Waals surface area contributed by atoms with Crippen LogP contribution < -0.4 is 0 Å². The highest BCUT2D eigenvalue weighted by molar-refractivity contribution is 5.70. The number of esters is 2. The SMILES string of the molecule is CCCCC/C=C\C/C=C\CCCCCCCC(=O)OCC(CO)OC(=O)CCCCCCCCCCCCCCCCCCCCC/C=C\C/C=C\CCCCCCC. The summed E-state index contributed by atoms with van der Waals surface area (Å²) in [5, 5.41) is 9.61. The molecule has 5 heteroatoms. The third kappa shape index (κ3) is 48.5. The van der Waals surface area contributed by atoms with E-state index >= 15 is 0 Å². The molecular formula is C55H100O5. The molecule has 350 valence electrons. The summed E-state index contributed by atoms with van der Waals surface area (Å²) in [5.41, 5.74) is 0. The summed E-state index contributed by atoms with van der Waals surface area (Å²) in [4.78, 5) is 24.4. The number of carbonyl (C=O) groups excluding carboxylic acids is 2. The minimum Gasteiger partial charge on any atom is -0.462 e. The maximum Gasteiger partial charge on any atom is 0.306 e. The zero-order valence-corrected chi connectivity index (χ0v) is 40.0. The highest BCUT2D eigenvalue weighted by atomic mass is 16.6. The van der Waals surface area contributed by atoms with Crippen LogP contribution in [0.1, 0.15) is 271 Å². The smallest absolute Gasteiger partial charge is 0.306 e. The highest BCUT2D eigenvalue weighted by Gasteiger charge is 2.16. The number of allylic oxidation sites excluding steroid dienone is 8. The van der Waals surface area contributed by atoms with Crippen molar-refractivity contribution < 1.29 is 24.2 Å². The van der Waals surface area contributed by atoms with Crippen LogP contribution in [-0.4, -0.2) is 36.4 Å². The van der Waals surface area contributed by atoms with Gasteiger partial charge in [0.05, 0.1) is 6.61 Å². The van der Waals surface area contributed by atoms with Crippen molar-refractivity contribution >= 4 is 11.9 Å². The van der Waals surface area contributed by atoms with E-state index in [0.29, 0.717) is 12.8 Å². The van der Waals surface area contributed by atoms with E-state index in [4.69, 9.17) is 9.47 Å². The minimum atomic E-state index is -0.776. The molecule has 0 fully saturated rings. The van der Waals surface area contributed by atoms with Gasteiger partial charge >= 0.3 is 11.9 Å². The van der Waals surface area contributed by atoms with Crippen molar-refractivity contribution in [3.63, 3.8) is 0 Å². The summed E-state index contributed by atoms with van der Waals surface area (Å²) in [7, 11) is 0. The third-order valence-corrected chi connectivity index (χ3v) is 11.6. The Hall–Kier alpha value is -2.14. The van der Waals surface area contributed by atoms with Crippen molar-refractivity contribution in [3.8, 4) is 0 Å². The van der Waals surface area contributed by atoms with E-state index in [0.717, 1.165) is 57.8 Å². The predicted molar refractivity (Wildman–Crippen MR) is 261 cm³/mol. The predicted octanol–water partition coefficient (Wildman–Crippen LogP) is 17.3. The first-order valence-corrected chi connectivity index (χ1v) is 26.2. The van der Waals surface area contributed by atoms with Crippen LogP contribution in [0.4, 0.5) is 0 Å². The van der Waals surface area contributed by atoms with Crippen LogP contribution in [0.2, 0.25) is 0 Å². The molecule has 0 aromatic heterocycles. The molecule has 0 radical (unpaired) electrons. The quantitative estimate of drug-likeness (QED) is 0.0375. The fourth-order valence-electron chi connectivity index (χ4n) is 7.62. The second-order valence-corrected chi connectivity index (χ2v) is 17.6. The Bertz CT molecular complexity index is 997. The fraction of sp³-hybridized carbons (Fsp3) is 0.818. The third-order valence-electron chi connectivity index (χ3n) is 11.6. The van der Waals surface area contributed by atoms with Crippen LogP contribution in [0, 0.1) is 0 Å². The van der Waals surface area contributed by atoms with Gasteiger partial charge in [-0.15, -0.1) is 0 Å². The van der Waals surface area contributed by atoms with Gasteiger partial charge in [-0.05, 0) is 77.0 Å². The van der Waals surface area contributed by atoms with Crippen molar-refractivity contribution in [2.45, 2.75) is 277 Å². The molecular weight excluding hydrogens is 741 g/mol. The molecule has 0 aliphatic rings. The van der Waals surface area contributed by atoms with E-state index < -0.39 is 6.10 Å². The lowest BCUT2D eigenvalue weighted by molar-refractivity contribution is -0.161. The maximum atomic E-state index is 12.3. The second kappa shape index (κ2) is 51.2. The summed E-state index contributed by atoms with van der Waals surface area (Å²) in [5.74, 6) is -0.598. The van der Waals surface area contributed by atoms with Gasteiger partial charge in [0.1, 0.15) is 6.61 Å². The number of aliphatic hydroxyl groups excluding tert-OH is 1. The van der Waals surface area contributed by atoms with Crippen LogP contribution in [0.3, 0.4) is 0 Å². The van der Waals surface area contributed by atoms with Gasteiger partial charge in [0.15, 0.2) is 6.10 Å². The zero-order valence-electron chi connectivity index (χ0n) is 40.0. The van der Waals surface area contributed by atoms with Gasteiger partial charge in [0.2, 0.25) is 0 Å². The van der Waals surface area contributed by atoms with Gasteiger partial charge in [-0.25, -0.2) is 0 Å². The highest BCUT2D eigenvalue weighted by Crippen LogP contribution is 2.16. The number of unbranched alkanes of at least 4 members (excludes halogenated alkanes) is 32. The lowest BCUT2D eigenvalue weighted by atomic mass is 10.0. The number of rotatable bonds is 48. The van der Waals surface area contributed by atoms with E-state index in [-0.39, 0.29) is 25.2 Å². The number of aliphatic hydroxyl groups is 1. The van der Waals surface area contributed by atoms with Crippen LogP contribution in [0.5, 0.6) is 0 Å². The topological polar surface area (TPSA) is 72.8 Å². The van der Waals surface area contributed by atoms with Crippen LogP contribution in [0.25, 0.3) is 0 Å². The molecule has 1 N–H and O–H groups in total. The van der Waals surface area contributed by atoms with E-state index in [1.807, 2.05) is 0 Å². The summed E-state index contributed by atoms with van der Waals surface area (Å²) in [6.07, 6.45) is 66.5. The van der Waals surface area contributed by atoms with Gasteiger partial charge in [-0.2, -0.15) is 0 Å². The van der Waals surface area contributed by atoms with Crippen molar-refractivity contribution in [3.05, 3.63) is 48.6 Å². The summed E-state index contributed by atoms with van der Waals surface area (Å²) in [6.45, 7) is 4.11. The Balaban J connectivity index is 3.44. The van der Waals surface area contributed by atoms with E-state index in [1.54, 1.807) is 0 Å². The van der Waals surface area contributed by atoms with Crippen LogP contribution >= 0.6 is 0 Å². The lowest BCUT2D eigenvalue weighted by Gasteiger charge is -2.15. The molecule has 5 nitrogen and oxygen atoms in total. The lowest BCUT2D eigenvalue weighted by Crippen LogP contribution is -2.28. The Labute approximate surface area is 373 Å². The number of hydrogen-bond acceptors (Lipinski definition) is 5. The van der Waals surface area contributed by atoms with Crippen LogP contribution in [0.15, 0.2) is 48.6 Å². The molecule has 1 atom stereocenters. The first-order valence-electron chi connectivity index (χ1n) is 26.2. The molecule has 0 saturated carbocycles. The van der Waals surface area contributed by atoms with Crippen molar-refractivity contribution in [1.82, 2.24) is 0 Å². The molecule has 0 aromatic rings. The summed E-state index contributed by atoms with van der Waals surface area (Å²) in [6, 6.07) is 0. The average Bonchev–Trinajstić information content (AvgIpc) is 3.25. The summed E-state index contributed by atoms with van der Waals surface area (Å²) >= 11 is 0. The Morgan fingerprint density at radius 2 is 0.667 bits per heavy atom. The average molecular weight is 841 g/mol. The van der Waals surface area contributed by atoms with Crippen molar-refractivity contribution in [2.75, 3.05) is 13.2 Å². The standard InChI is InChI=1S/C55H100O5/c1-3-5-7-9-11-13-15-17-19-20-21-22-23-24-25-26-27-28-29-30-31-32-33-34-36-38-40-42-44-46-48-50-55(58)60-53(51-56)52-59-54(57)49-47-45-43-41-39-37-35-18-16-14-12-10-8-6-4-2/h12,14-15,17-18,20-21,35,53,56H,3-11,13,16,19,22-34,36-52H2,1-2H3/b14-12-,17-15-,21-20-,35-18-. The maximum absolute atomic E-state index is 12.3. The molecule has 0 saturated heterocycles. The fourth-order valence-corrected chi connectivity index (χ4v) is 7.62. The van der Waals surface area contributed by atoms with Gasteiger partial charge < -0.3 is 14.6 Å². The molecule has 0 aromatic carbocycles. The monoisotopic (exact) mass is 841 g/mol. The first kappa shape index (κ1) is 57.9. The molecule has 0 bridgehead atoms. The van der Waals surface area contributed by atoms with E-state index in [1.165, 1.54) is 186 Å². The molecule has 0 amide bonds. The van der Waals surface area contributed by atoms with Crippen molar-refractivity contribution in [2.24, 2.45) is 0 Å².